The summed E-state index contributed by atoms with van der Waals surface area (Å²) >= 11 is 0. The van der Waals surface area contributed by atoms with E-state index in [2.05, 4.69) is 0 Å². The minimum absolute atomic E-state index is 0.499. The number of hydrogen-bond acceptors (Lipinski definition) is 4. The Kier molecular flexibility index (Phi) is 4.28. The molecule has 0 atom stereocenters. The van der Waals surface area contributed by atoms with Gasteiger partial charge >= 0.3 is 5.97 Å². The highest BCUT2D eigenvalue weighted by atomic mass is 16.5. The van der Waals surface area contributed by atoms with Gasteiger partial charge < -0.3 is 14.6 Å². The van der Waals surface area contributed by atoms with Crippen molar-refractivity contribution in [2.45, 2.75) is 0 Å². The van der Waals surface area contributed by atoms with Gasteiger partial charge in [-0.05, 0) is 24.3 Å². The van der Waals surface area contributed by atoms with Crippen LogP contribution in [0.3, 0.4) is 0 Å². The Hall–Kier alpha value is -2.30. The summed E-state index contributed by atoms with van der Waals surface area (Å²) in [5.74, 6) is -1.36. The summed E-state index contributed by atoms with van der Waals surface area (Å²) in [7, 11) is 3.00. The molecule has 1 aromatic carbocycles. The van der Waals surface area contributed by atoms with Crippen molar-refractivity contribution in [2.24, 2.45) is 0 Å². The quantitative estimate of drug-likeness (QED) is 0.617. The number of hydrogen-bond donors (Lipinski definition) is 1. The van der Waals surface area contributed by atoms with Gasteiger partial charge in [0.1, 0.15) is 11.5 Å². The molecule has 0 radical (unpaired) electrons. The van der Waals surface area contributed by atoms with E-state index in [4.69, 9.17) is 14.6 Å². The van der Waals surface area contributed by atoms with Crippen LogP contribution in [0.2, 0.25) is 0 Å². The van der Waals surface area contributed by atoms with Crippen molar-refractivity contribution in [3.8, 4) is 11.5 Å². The molecule has 5 heteroatoms. The first-order valence-electron chi connectivity index (χ1n) is 4.76. The number of benzene rings is 1. The van der Waals surface area contributed by atoms with Crippen LogP contribution >= 0.6 is 0 Å². The van der Waals surface area contributed by atoms with Gasteiger partial charge in [0.05, 0.1) is 14.2 Å². The summed E-state index contributed by atoms with van der Waals surface area (Å²) in [6.07, 6.45) is 2.36. The summed E-state index contributed by atoms with van der Waals surface area (Å²) in [5.41, 5.74) is 0.600. The van der Waals surface area contributed by atoms with Crippen molar-refractivity contribution < 1.29 is 24.2 Å². The number of ether oxygens (including phenoxy) is 2. The fraction of sp³-hybridized carbons (Fsp3) is 0.167. The van der Waals surface area contributed by atoms with Gasteiger partial charge in [-0.1, -0.05) is 0 Å². The molecular weight excluding hydrogens is 224 g/mol. The number of methoxy groups -OCH3 is 2. The second-order valence-electron chi connectivity index (χ2n) is 3.11. The monoisotopic (exact) mass is 236 g/mol. The van der Waals surface area contributed by atoms with Gasteiger partial charge in [0.25, 0.3) is 5.78 Å². The SMILES string of the molecule is COc1ccc(/C=C/C(=O)C(=O)O)c(OC)c1. The van der Waals surface area contributed by atoms with Crippen molar-refractivity contribution in [3.63, 3.8) is 0 Å². The van der Waals surface area contributed by atoms with Crippen molar-refractivity contribution in [2.75, 3.05) is 14.2 Å². The van der Waals surface area contributed by atoms with Crippen molar-refractivity contribution in [3.05, 3.63) is 29.8 Å². The van der Waals surface area contributed by atoms with E-state index in [9.17, 15) is 9.59 Å². The molecular formula is C12H12O5. The predicted octanol–water partition coefficient (Wildman–Crippen LogP) is 1.37. The number of carboxylic acid groups (broad SMARTS) is 1. The maximum atomic E-state index is 10.9. The molecule has 0 saturated heterocycles. The normalized spacial score (nSPS) is 10.2. The molecule has 90 valence electrons. The minimum atomic E-state index is -1.49. The van der Waals surface area contributed by atoms with E-state index < -0.39 is 11.8 Å². The molecule has 0 aliphatic rings. The fourth-order valence-corrected chi connectivity index (χ4v) is 1.19. The first-order valence-corrected chi connectivity index (χ1v) is 4.76. The second-order valence-corrected chi connectivity index (χ2v) is 3.11. The van der Waals surface area contributed by atoms with Crippen LogP contribution in [0, 0.1) is 0 Å². The third kappa shape index (κ3) is 3.34. The van der Waals surface area contributed by atoms with E-state index in [0.717, 1.165) is 6.08 Å². The Labute approximate surface area is 98.3 Å². The van der Waals surface area contributed by atoms with Crippen LogP contribution in [0.15, 0.2) is 24.3 Å². The van der Waals surface area contributed by atoms with Crippen LogP contribution in [0.25, 0.3) is 6.08 Å². The average molecular weight is 236 g/mol. The topological polar surface area (TPSA) is 72.8 Å². The van der Waals surface area contributed by atoms with Gasteiger partial charge in [-0.3, -0.25) is 4.79 Å². The number of ketones is 1. The fourth-order valence-electron chi connectivity index (χ4n) is 1.19. The van der Waals surface area contributed by atoms with Crippen molar-refractivity contribution >= 4 is 17.8 Å². The molecule has 0 heterocycles. The number of rotatable bonds is 5. The van der Waals surface area contributed by atoms with Crippen molar-refractivity contribution in [1.29, 1.82) is 0 Å². The lowest BCUT2D eigenvalue weighted by Gasteiger charge is -2.06. The molecule has 1 aromatic rings. The third-order valence-corrected chi connectivity index (χ3v) is 2.07. The van der Waals surface area contributed by atoms with Crippen LogP contribution in [-0.2, 0) is 9.59 Å². The lowest BCUT2D eigenvalue weighted by atomic mass is 10.1. The number of carboxylic acids is 1. The maximum absolute atomic E-state index is 10.9. The van der Waals surface area contributed by atoms with Gasteiger partial charge in [-0.2, -0.15) is 0 Å². The molecule has 0 aliphatic carbocycles. The van der Waals surface area contributed by atoms with Crippen LogP contribution in [0.4, 0.5) is 0 Å². The van der Waals surface area contributed by atoms with Gasteiger partial charge in [0.15, 0.2) is 0 Å². The smallest absolute Gasteiger partial charge is 0.376 e. The Morgan fingerprint density at radius 2 is 1.94 bits per heavy atom. The first-order chi connectivity index (χ1) is 8.08. The summed E-state index contributed by atoms with van der Waals surface area (Å²) in [6, 6.07) is 5.00. The summed E-state index contributed by atoms with van der Waals surface area (Å²) < 4.78 is 10.1. The molecule has 5 nitrogen and oxygen atoms in total. The Morgan fingerprint density at radius 3 is 2.47 bits per heavy atom. The zero-order valence-corrected chi connectivity index (χ0v) is 9.47. The van der Waals surface area contributed by atoms with Gasteiger partial charge in [-0.25, -0.2) is 4.79 Å². The molecule has 0 saturated carbocycles. The molecule has 1 rings (SSSR count). The lowest BCUT2D eigenvalue weighted by molar-refractivity contribution is -0.146. The molecule has 0 fully saturated rings. The highest BCUT2D eigenvalue weighted by Crippen LogP contribution is 2.25. The van der Waals surface area contributed by atoms with E-state index in [-0.39, 0.29) is 0 Å². The zero-order valence-electron chi connectivity index (χ0n) is 9.47. The molecule has 1 N–H and O–H groups in total. The lowest BCUT2D eigenvalue weighted by Crippen LogP contribution is -2.08. The van der Waals surface area contributed by atoms with Crippen LogP contribution in [0.5, 0.6) is 11.5 Å². The molecule has 0 unspecified atom stereocenters. The minimum Gasteiger partial charge on any atom is -0.497 e. The first kappa shape index (κ1) is 12.8. The van der Waals surface area contributed by atoms with E-state index in [1.165, 1.54) is 20.3 Å². The summed E-state index contributed by atoms with van der Waals surface area (Å²) in [6.45, 7) is 0. The molecule has 0 bridgehead atoms. The number of carbonyl (C=O) groups is 2. The maximum Gasteiger partial charge on any atom is 0.376 e. The zero-order chi connectivity index (χ0) is 12.8. The van der Waals surface area contributed by atoms with Crippen LogP contribution in [-0.4, -0.2) is 31.1 Å². The Morgan fingerprint density at radius 1 is 1.24 bits per heavy atom. The van der Waals surface area contributed by atoms with E-state index in [1.54, 1.807) is 18.2 Å². The molecule has 0 amide bonds. The Balaban J connectivity index is 2.98. The number of aliphatic carboxylic acids is 1. The number of carbonyl (C=O) groups excluding carboxylic acids is 1. The van der Waals surface area contributed by atoms with Gasteiger partial charge in [0, 0.05) is 11.6 Å². The Bertz CT molecular complexity index is 462. The second kappa shape index (κ2) is 5.69. The molecule has 17 heavy (non-hydrogen) atoms. The van der Waals surface area contributed by atoms with Crippen LogP contribution < -0.4 is 9.47 Å². The predicted molar refractivity (Wildman–Crippen MR) is 61.2 cm³/mol. The van der Waals surface area contributed by atoms with E-state index >= 15 is 0 Å². The van der Waals surface area contributed by atoms with Crippen molar-refractivity contribution in [1.82, 2.24) is 0 Å². The van der Waals surface area contributed by atoms with E-state index in [0.29, 0.717) is 17.1 Å². The highest BCUT2D eigenvalue weighted by Gasteiger charge is 2.07. The van der Waals surface area contributed by atoms with Gasteiger partial charge in [-0.15, -0.1) is 0 Å². The van der Waals surface area contributed by atoms with Crippen LogP contribution in [0.1, 0.15) is 5.56 Å². The average Bonchev–Trinajstić information content (AvgIpc) is 2.35. The standard InChI is InChI=1S/C12H12O5/c1-16-9-5-3-8(11(7-9)17-2)4-6-10(13)12(14)15/h3-7H,1-2H3,(H,14,15)/b6-4+. The molecule has 0 spiro atoms. The summed E-state index contributed by atoms with van der Waals surface area (Å²) in [4.78, 5) is 21.2. The molecule has 0 aliphatic heterocycles. The van der Waals surface area contributed by atoms with Gasteiger partial charge in [0.2, 0.25) is 0 Å². The largest absolute Gasteiger partial charge is 0.497 e. The highest BCUT2D eigenvalue weighted by molar-refractivity contribution is 6.38. The van der Waals surface area contributed by atoms with E-state index in [1.807, 2.05) is 0 Å². The molecule has 0 aromatic heterocycles. The summed E-state index contributed by atoms with van der Waals surface area (Å²) in [5, 5.41) is 8.42. The third-order valence-electron chi connectivity index (χ3n) is 2.07.